The summed E-state index contributed by atoms with van der Waals surface area (Å²) in [4.78, 5) is 19.3. The van der Waals surface area contributed by atoms with Gasteiger partial charge in [-0.3, -0.25) is 4.79 Å². The van der Waals surface area contributed by atoms with E-state index >= 15 is 0 Å². The number of aryl methyl sites for hydroxylation is 2. The number of piperidine rings is 1. The molecule has 3 atom stereocenters. The minimum Gasteiger partial charge on any atom is -0.488 e. The topological polar surface area (TPSA) is 83.9 Å². The first-order valence-corrected chi connectivity index (χ1v) is 13.4. The Kier molecular flexibility index (Phi) is 6.36. The smallest absolute Gasteiger partial charge is 0.312 e. The summed E-state index contributed by atoms with van der Waals surface area (Å²) >= 11 is 0. The molecule has 6 rings (SSSR count). The highest BCUT2D eigenvalue weighted by molar-refractivity contribution is 5.82. The molecule has 3 heterocycles. The van der Waals surface area contributed by atoms with Crippen LogP contribution in [-0.2, 0) is 29.1 Å². The van der Waals surface area contributed by atoms with E-state index in [9.17, 15) is 9.90 Å². The van der Waals surface area contributed by atoms with Gasteiger partial charge in [0.05, 0.1) is 23.8 Å². The van der Waals surface area contributed by atoms with E-state index in [0.717, 1.165) is 47.9 Å². The number of pyridine rings is 1. The Morgan fingerprint density at radius 2 is 2.03 bits per heavy atom. The Hall–Kier alpha value is -3.42. The molecule has 1 aliphatic carbocycles. The van der Waals surface area contributed by atoms with Gasteiger partial charge in [-0.2, -0.15) is 0 Å². The Morgan fingerprint density at radius 3 is 2.84 bits per heavy atom. The van der Waals surface area contributed by atoms with Crippen molar-refractivity contribution in [2.75, 3.05) is 31.7 Å². The molecule has 1 saturated heterocycles. The van der Waals surface area contributed by atoms with Crippen molar-refractivity contribution >= 4 is 11.8 Å². The van der Waals surface area contributed by atoms with Crippen molar-refractivity contribution in [1.29, 1.82) is 0 Å². The Bertz CT molecular complexity index is 1390. The van der Waals surface area contributed by atoms with Gasteiger partial charge >= 0.3 is 5.97 Å². The molecule has 2 aromatic carbocycles. The first kappa shape index (κ1) is 24.9. The first-order chi connectivity index (χ1) is 18.4. The van der Waals surface area contributed by atoms with Gasteiger partial charge in [0.2, 0.25) is 0 Å². The molecule has 1 unspecified atom stereocenters. The van der Waals surface area contributed by atoms with Crippen LogP contribution in [0.2, 0.25) is 0 Å². The molecule has 0 bridgehead atoms. The predicted octanol–water partition coefficient (Wildman–Crippen LogP) is 4.52. The van der Waals surface area contributed by atoms with Crippen molar-refractivity contribution in [3.8, 4) is 17.0 Å². The van der Waals surface area contributed by atoms with Gasteiger partial charge in [0, 0.05) is 25.8 Å². The summed E-state index contributed by atoms with van der Waals surface area (Å²) in [5.41, 5.74) is 7.38. The van der Waals surface area contributed by atoms with Crippen molar-refractivity contribution in [1.82, 2.24) is 10.3 Å². The molecule has 198 valence electrons. The maximum absolute atomic E-state index is 12.2. The van der Waals surface area contributed by atoms with Gasteiger partial charge in [-0.25, -0.2) is 4.98 Å². The fourth-order valence-electron chi connectivity index (χ4n) is 6.58. The number of hydrogen-bond donors (Lipinski definition) is 2. The minimum atomic E-state index is -0.730. The van der Waals surface area contributed by atoms with Crippen molar-refractivity contribution in [3.05, 3.63) is 76.3 Å². The van der Waals surface area contributed by atoms with Crippen LogP contribution < -0.4 is 15.0 Å². The second-order valence-electron chi connectivity index (χ2n) is 11.0. The van der Waals surface area contributed by atoms with Crippen LogP contribution in [0.4, 0.5) is 5.82 Å². The number of anilines is 1. The van der Waals surface area contributed by atoms with Crippen LogP contribution in [0.15, 0.2) is 48.5 Å². The van der Waals surface area contributed by atoms with Gasteiger partial charge in [0.25, 0.3) is 0 Å². The standard InChI is InChI=1S/C31H35N3O4/c1-19-6-4-7-24(29(19)38-17-21-12-20(2)25-15-32-11-10-22(25)13-21)26-8-5-9-28(33-26)34-16-23-14-31(23,30(35)36)27(34)18-37-3/h4-9,12-13,23,27,32H,10-11,14-18H2,1-3H3,(H,35,36)/t23?,27-,31+/m0/s1. The molecule has 2 fully saturated rings. The molecule has 3 aliphatic rings. The number of para-hydroxylation sites is 1. The van der Waals surface area contributed by atoms with E-state index < -0.39 is 11.4 Å². The molecule has 3 aromatic rings. The number of fused-ring (bicyclic) bond motifs is 2. The summed E-state index contributed by atoms with van der Waals surface area (Å²) < 4.78 is 11.9. The Balaban J connectivity index is 1.28. The summed E-state index contributed by atoms with van der Waals surface area (Å²) in [5.74, 6) is 1.02. The number of benzene rings is 2. The zero-order valence-corrected chi connectivity index (χ0v) is 22.3. The number of nitrogens with one attached hydrogen (secondary N) is 1. The largest absolute Gasteiger partial charge is 0.488 e. The normalized spacial score (nSPS) is 23.6. The third-order valence-corrected chi connectivity index (χ3v) is 8.66. The molecule has 7 nitrogen and oxygen atoms in total. The van der Waals surface area contributed by atoms with Crippen molar-refractivity contribution < 1.29 is 19.4 Å². The van der Waals surface area contributed by atoms with Crippen molar-refractivity contribution in [2.24, 2.45) is 11.3 Å². The maximum Gasteiger partial charge on any atom is 0.312 e. The van der Waals surface area contributed by atoms with E-state index in [1.54, 1.807) is 7.11 Å². The molecular formula is C31H35N3O4. The lowest BCUT2D eigenvalue weighted by Gasteiger charge is -2.31. The van der Waals surface area contributed by atoms with Gasteiger partial charge in [0.1, 0.15) is 18.2 Å². The van der Waals surface area contributed by atoms with E-state index in [0.29, 0.717) is 26.2 Å². The molecule has 2 N–H and O–H groups in total. The minimum absolute atomic E-state index is 0.138. The molecule has 0 radical (unpaired) electrons. The molecule has 1 aromatic heterocycles. The SMILES string of the molecule is COC[C@@H]1N(c2cccc(-c3cccc(C)c3OCc3cc(C)c4c(c3)CCNC4)n2)CC2C[C@@]21C(=O)O. The lowest BCUT2D eigenvalue weighted by molar-refractivity contribution is -0.144. The number of carboxylic acid groups (broad SMARTS) is 1. The van der Waals surface area contributed by atoms with Crippen LogP contribution in [0.1, 0.15) is 34.2 Å². The molecule has 0 spiro atoms. The highest BCUT2D eigenvalue weighted by atomic mass is 16.5. The number of aliphatic carboxylic acids is 1. The second-order valence-corrected chi connectivity index (χ2v) is 11.0. The molecular weight excluding hydrogens is 478 g/mol. The van der Waals surface area contributed by atoms with Crippen LogP contribution in [0.5, 0.6) is 5.75 Å². The third kappa shape index (κ3) is 4.14. The second kappa shape index (κ2) is 9.71. The lowest BCUT2D eigenvalue weighted by atomic mass is 9.94. The number of aromatic nitrogens is 1. The predicted molar refractivity (Wildman–Crippen MR) is 147 cm³/mol. The van der Waals surface area contributed by atoms with Crippen molar-refractivity contribution in [2.45, 2.75) is 45.9 Å². The van der Waals surface area contributed by atoms with E-state index in [1.807, 2.05) is 30.3 Å². The number of rotatable bonds is 8. The van der Waals surface area contributed by atoms with Gasteiger partial charge in [0.15, 0.2) is 0 Å². The highest BCUT2D eigenvalue weighted by Crippen LogP contribution is 2.62. The zero-order valence-electron chi connectivity index (χ0n) is 22.3. The Labute approximate surface area is 223 Å². The van der Waals surface area contributed by atoms with Crippen LogP contribution in [0.25, 0.3) is 11.3 Å². The van der Waals surface area contributed by atoms with Gasteiger partial charge < -0.3 is 24.8 Å². The fraction of sp³-hybridized carbons (Fsp3) is 0.419. The number of carboxylic acids is 1. The lowest BCUT2D eigenvalue weighted by Crippen LogP contribution is -2.43. The van der Waals surface area contributed by atoms with E-state index in [1.165, 1.54) is 22.3 Å². The van der Waals surface area contributed by atoms with Crippen LogP contribution in [0, 0.1) is 25.2 Å². The van der Waals surface area contributed by atoms with E-state index in [4.69, 9.17) is 14.5 Å². The van der Waals surface area contributed by atoms with Gasteiger partial charge in [-0.1, -0.05) is 30.3 Å². The monoisotopic (exact) mass is 513 g/mol. The fourth-order valence-corrected chi connectivity index (χ4v) is 6.58. The van der Waals surface area contributed by atoms with Crippen LogP contribution in [0.3, 0.4) is 0 Å². The number of ether oxygens (including phenoxy) is 2. The van der Waals surface area contributed by atoms with E-state index in [-0.39, 0.29) is 12.0 Å². The summed E-state index contributed by atoms with van der Waals surface area (Å²) in [6.45, 7) is 7.72. The quantitative estimate of drug-likeness (QED) is 0.458. The average Bonchev–Trinajstić information content (AvgIpc) is 3.57. The number of methoxy groups -OCH3 is 1. The number of carbonyl (C=O) groups is 1. The van der Waals surface area contributed by atoms with E-state index in [2.05, 4.69) is 42.3 Å². The number of hydrogen-bond acceptors (Lipinski definition) is 6. The Morgan fingerprint density at radius 1 is 1.18 bits per heavy atom. The third-order valence-electron chi connectivity index (χ3n) is 8.66. The summed E-state index contributed by atoms with van der Waals surface area (Å²) in [7, 11) is 1.63. The maximum atomic E-state index is 12.2. The first-order valence-electron chi connectivity index (χ1n) is 13.4. The summed E-state index contributed by atoms with van der Waals surface area (Å²) in [5, 5.41) is 13.4. The van der Waals surface area contributed by atoms with Gasteiger partial charge in [-0.05, 0) is 85.2 Å². The molecule has 0 amide bonds. The zero-order chi connectivity index (χ0) is 26.4. The average molecular weight is 514 g/mol. The highest BCUT2D eigenvalue weighted by Gasteiger charge is 2.71. The van der Waals surface area contributed by atoms with Gasteiger partial charge in [-0.15, -0.1) is 0 Å². The molecule has 1 saturated carbocycles. The van der Waals surface area contributed by atoms with Crippen molar-refractivity contribution in [3.63, 3.8) is 0 Å². The molecule has 2 aliphatic heterocycles. The molecule has 7 heteroatoms. The number of nitrogens with zero attached hydrogens (tertiary/aromatic N) is 2. The van der Waals surface area contributed by atoms with Crippen LogP contribution >= 0.6 is 0 Å². The summed E-state index contributed by atoms with van der Waals surface area (Å²) in [6.07, 6.45) is 1.75. The van der Waals surface area contributed by atoms with Crippen LogP contribution in [-0.4, -0.2) is 48.9 Å². The summed E-state index contributed by atoms with van der Waals surface area (Å²) in [6, 6.07) is 16.4. The molecule has 38 heavy (non-hydrogen) atoms.